The molecule has 1 aliphatic heterocycles. The highest BCUT2D eigenvalue weighted by atomic mass is 32.2. The van der Waals surface area contributed by atoms with Gasteiger partial charge in [0.15, 0.2) is 0 Å². The summed E-state index contributed by atoms with van der Waals surface area (Å²) in [7, 11) is -0.790. The lowest BCUT2D eigenvalue weighted by atomic mass is 10.1. The second-order valence-electron chi connectivity index (χ2n) is 4.70. The van der Waals surface area contributed by atoms with E-state index in [0.717, 1.165) is 31.6 Å². The highest BCUT2D eigenvalue weighted by Gasteiger charge is 2.19. The minimum absolute atomic E-state index is 0.318. The molecular weight excluding hydrogens is 198 g/mol. The number of nitrogens with two attached hydrogens (primary N) is 1. The minimum Gasteiger partial charge on any atom is -0.378 e. The molecule has 84 valence electrons. The van der Waals surface area contributed by atoms with E-state index >= 15 is 0 Å². The Labute approximate surface area is 88.8 Å². The summed E-state index contributed by atoms with van der Waals surface area (Å²) in [5, 5.41) is 0. The zero-order valence-electron chi connectivity index (χ0n) is 9.12. The van der Waals surface area contributed by atoms with Crippen LogP contribution >= 0.6 is 0 Å². The molecule has 0 aromatic heterocycles. The van der Waals surface area contributed by atoms with Crippen LogP contribution in [0.3, 0.4) is 0 Å². The minimum atomic E-state index is -0.790. The Morgan fingerprint density at radius 1 is 1.57 bits per heavy atom. The van der Waals surface area contributed by atoms with Gasteiger partial charge in [0.2, 0.25) is 0 Å². The van der Waals surface area contributed by atoms with Gasteiger partial charge in [0.05, 0.1) is 6.10 Å². The number of hydrogen-bond acceptors (Lipinski definition) is 3. The van der Waals surface area contributed by atoms with E-state index in [9.17, 15) is 4.21 Å². The Morgan fingerprint density at radius 2 is 2.29 bits per heavy atom. The lowest BCUT2D eigenvalue weighted by Gasteiger charge is -2.18. The van der Waals surface area contributed by atoms with Gasteiger partial charge in [-0.1, -0.05) is 0 Å². The Hall–Kier alpha value is 0.0700. The van der Waals surface area contributed by atoms with Crippen LogP contribution in [-0.4, -0.2) is 34.0 Å². The Balaban J connectivity index is 2.14. The van der Waals surface area contributed by atoms with Crippen LogP contribution in [0.5, 0.6) is 0 Å². The molecule has 2 atom stereocenters. The van der Waals surface area contributed by atoms with E-state index in [4.69, 9.17) is 10.5 Å². The van der Waals surface area contributed by atoms with Crippen LogP contribution in [0, 0.1) is 0 Å². The average Bonchev–Trinajstić information content (AvgIpc) is 2.49. The van der Waals surface area contributed by atoms with E-state index in [1.54, 1.807) is 0 Å². The van der Waals surface area contributed by atoms with Crippen molar-refractivity contribution in [3.8, 4) is 0 Å². The average molecular weight is 219 g/mol. The topological polar surface area (TPSA) is 52.3 Å². The Bertz CT molecular complexity index is 195. The summed E-state index contributed by atoms with van der Waals surface area (Å²) in [5.74, 6) is 1.31. The lowest BCUT2D eigenvalue weighted by Crippen LogP contribution is -2.38. The fourth-order valence-corrected chi connectivity index (χ4v) is 3.12. The third-order valence-corrected chi connectivity index (χ3v) is 3.98. The molecule has 14 heavy (non-hydrogen) atoms. The predicted octanol–water partition coefficient (Wildman–Crippen LogP) is 1.04. The van der Waals surface area contributed by atoms with Gasteiger partial charge in [-0.3, -0.25) is 4.21 Å². The van der Waals surface area contributed by atoms with Gasteiger partial charge in [-0.25, -0.2) is 0 Å². The van der Waals surface area contributed by atoms with E-state index in [1.165, 1.54) is 0 Å². The van der Waals surface area contributed by atoms with Gasteiger partial charge >= 0.3 is 0 Å². The molecule has 1 saturated heterocycles. The molecule has 0 amide bonds. The van der Waals surface area contributed by atoms with E-state index in [2.05, 4.69) is 0 Å². The van der Waals surface area contributed by atoms with Crippen molar-refractivity contribution in [2.45, 2.75) is 44.8 Å². The van der Waals surface area contributed by atoms with Crippen molar-refractivity contribution in [3.05, 3.63) is 0 Å². The van der Waals surface area contributed by atoms with Crippen LogP contribution in [0.1, 0.15) is 33.1 Å². The van der Waals surface area contributed by atoms with Gasteiger partial charge in [0.1, 0.15) is 0 Å². The number of hydrogen-bond donors (Lipinski definition) is 1. The van der Waals surface area contributed by atoms with Crippen LogP contribution < -0.4 is 5.73 Å². The quantitative estimate of drug-likeness (QED) is 0.751. The van der Waals surface area contributed by atoms with Gasteiger partial charge in [-0.05, 0) is 33.1 Å². The SMILES string of the molecule is CC(C)(N)CS(=O)CCC1CCCO1. The Morgan fingerprint density at radius 3 is 2.79 bits per heavy atom. The summed E-state index contributed by atoms with van der Waals surface area (Å²) < 4.78 is 17.1. The van der Waals surface area contributed by atoms with E-state index in [-0.39, 0.29) is 5.54 Å². The maximum atomic E-state index is 11.6. The normalized spacial score (nSPS) is 25.2. The summed E-state index contributed by atoms with van der Waals surface area (Å²) in [6.07, 6.45) is 3.55. The molecule has 1 fully saturated rings. The van der Waals surface area contributed by atoms with Crippen LogP contribution in [0.2, 0.25) is 0 Å². The maximum Gasteiger partial charge on any atom is 0.0584 e. The summed E-state index contributed by atoms with van der Waals surface area (Å²) in [6, 6.07) is 0. The first-order valence-corrected chi connectivity index (χ1v) is 6.72. The largest absolute Gasteiger partial charge is 0.378 e. The molecule has 4 heteroatoms. The molecule has 1 rings (SSSR count). The molecule has 0 aromatic carbocycles. The third kappa shape index (κ3) is 5.08. The number of ether oxygens (including phenoxy) is 1. The van der Waals surface area contributed by atoms with Crippen molar-refractivity contribution >= 4 is 10.8 Å². The molecule has 1 heterocycles. The van der Waals surface area contributed by atoms with Gasteiger partial charge in [0, 0.05) is 34.5 Å². The van der Waals surface area contributed by atoms with E-state index in [1.807, 2.05) is 13.8 Å². The summed E-state index contributed by atoms with van der Waals surface area (Å²) in [5.41, 5.74) is 5.48. The second-order valence-corrected chi connectivity index (χ2v) is 6.28. The van der Waals surface area contributed by atoms with E-state index < -0.39 is 10.8 Å². The first-order valence-electron chi connectivity index (χ1n) is 5.23. The van der Waals surface area contributed by atoms with Crippen LogP contribution in [-0.2, 0) is 15.5 Å². The van der Waals surface area contributed by atoms with Crippen molar-refractivity contribution in [1.82, 2.24) is 0 Å². The molecule has 0 aromatic rings. The van der Waals surface area contributed by atoms with Crippen molar-refractivity contribution in [2.75, 3.05) is 18.1 Å². The summed E-state index contributed by atoms with van der Waals surface area (Å²) in [6.45, 7) is 4.70. The van der Waals surface area contributed by atoms with E-state index in [0.29, 0.717) is 11.9 Å². The fourth-order valence-electron chi connectivity index (χ4n) is 1.62. The van der Waals surface area contributed by atoms with Crippen molar-refractivity contribution in [1.29, 1.82) is 0 Å². The smallest absolute Gasteiger partial charge is 0.0584 e. The highest BCUT2D eigenvalue weighted by molar-refractivity contribution is 7.85. The first-order chi connectivity index (χ1) is 6.47. The molecule has 0 aliphatic carbocycles. The van der Waals surface area contributed by atoms with Crippen LogP contribution in [0.15, 0.2) is 0 Å². The first kappa shape index (κ1) is 12.1. The summed E-state index contributed by atoms with van der Waals surface area (Å²) >= 11 is 0. The molecule has 0 saturated carbocycles. The lowest BCUT2D eigenvalue weighted by molar-refractivity contribution is 0.109. The second kappa shape index (κ2) is 5.24. The zero-order chi connectivity index (χ0) is 10.6. The van der Waals surface area contributed by atoms with Gasteiger partial charge in [-0.2, -0.15) is 0 Å². The molecule has 0 spiro atoms. The maximum absolute atomic E-state index is 11.6. The highest BCUT2D eigenvalue weighted by Crippen LogP contribution is 2.15. The molecular formula is C10H21NO2S. The molecule has 1 aliphatic rings. The fraction of sp³-hybridized carbons (Fsp3) is 1.00. The third-order valence-electron chi connectivity index (χ3n) is 2.22. The van der Waals surface area contributed by atoms with Gasteiger partial charge in [-0.15, -0.1) is 0 Å². The van der Waals surface area contributed by atoms with Gasteiger partial charge < -0.3 is 10.5 Å². The molecule has 0 radical (unpaired) electrons. The van der Waals surface area contributed by atoms with Gasteiger partial charge in [0.25, 0.3) is 0 Å². The predicted molar refractivity (Wildman–Crippen MR) is 59.7 cm³/mol. The Kier molecular flexibility index (Phi) is 4.54. The summed E-state index contributed by atoms with van der Waals surface area (Å²) in [4.78, 5) is 0. The van der Waals surface area contributed by atoms with Crippen molar-refractivity contribution < 1.29 is 8.95 Å². The monoisotopic (exact) mass is 219 g/mol. The molecule has 3 nitrogen and oxygen atoms in total. The standard InChI is InChI=1S/C10H21NO2S/c1-10(2,11)8-14(12)7-5-9-4-3-6-13-9/h9H,3-8,11H2,1-2H3. The van der Waals surface area contributed by atoms with Crippen molar-refractivity contribution in [3.63, 3.8) is 0 Å². The molecule has 2 N–H and O–H groups in total. The number of rotatable bonds is 5. The van der Waals surface area contributed by atoms with Crippen LogP contribution in [0.25, 0.3) is 0 Å². The molecule has 0 bridgehead atoms. The molecule has 2 unspecified atom stereocenters. The van der Waals surface area contributed by atoms with Crippen molar-refractivity contribution in [2.24, 2.45) is 5.73 Å². The van der Waals surface area contributed by atoms with Crippen LogP contribution in [0.4, 0.5) is 0 Å². The zero-order valence-corrected chi connectivity index (χ0v) is 9.94.